The fourth-order valence-electron chi connectivity index (χ4n) is 3.27. The van der Waals surface area contributed by atoms with Crippen molar-refractivity contribution in [2.75, 3.05) is 24.9 Å². The summed E-state index contributed by atoms with van der Waals surface area (Å²) in [6.45, 7) is 8.61. The van der Waals surface area contributed by atoms with Crippen LogP contribution in [-0.4, -0.2) is 61.7 Å². The van der Waals surface area contributed by atoms with E-state index in [9.17, 15) is 22.4 Å². The fraction of sp³-hybridized carbons (Fsp3) is 0.440. The van der Waals surface area contributed by atoms with Gasteiger partial charge >= 0.3 is 10.2 Å². The molecule has 0 aliphatic carbocycles. The number of hydrogen-bond donors (Lipinski definition) is 1. The smallest absolute Gasteiger partial charge is 0.304 e. The Morgan fingerprint density at radius 3 is 2.03 bits per heavy atom. The first-order chi connectivity index (χ1) is 16.1. The first-order valence-electron chi connectivity index (χ1n) is 11.2. The molecule has 1 N–H and O–H groups in total. The largest absolute Gasteiger partial charge is 0.350 e. The average molecular weight is 507 g/mol. The Balaban J connectivity index is 2.45. The van der Waals surface area contributed by atoms with E-state index in [0.29, 0.717) is 0 Å². The van der Waals surface area contributed by atoms with Gasteiger partial charge in [0.15, 0.2) is 0 Å². The Labute approximate surface area is 207 Å². The van der Waals surface area contributed by atoms with Crippen molar-refractivity contribution in [2.24, 2.45) is 0 Å². The Hall–Kier alpha value is -2.98. The molecule has 0 aliphatic heterocycles. The third-order valence-corrected chi connectivity index (χ3v) is 7.09. The summed E-state index contributed by atoms with van der Waals surface area (Å²) in [6.07, 6.45) is 0. The van der Waals surface area contributed by atoms with E-state index >= 15 is 0 Å². The summed E-state index contributed by atoms with van der Waals surface area (Å²) >= 11 is 0. The highest BCUT2D eigenvalue weighted by Gasteiger charge is 2.33. The Kier molecular flexibility index (Phi) is 9.02. The maximum Gasteiger partial charge on any atom is 0.304 e. The number of nitrogens with zero attached hydrogens (tertiary/aromatic N) is 3. The van der Waals surface area contributed by atoms with Gasteiger partial charge in [0, 0.05) is 26.2 Å². The minimum Gasteiger partial charge on any atom is -0.350 e. The van der Waals surface area contributed by atoms with E-state index in [1.807, 2.05) is 52.0 Å². The summed E-state index contributed by atoms with van der Waals surface area (Å²) in [5, 5.41) is 2.87. The van der Waals surface area contributed by atoms with Gasteiger partial charge in [0.25, 0.3) is 0 Å². The van der Waals surface area contributed by atoms with Crippen molar-refractivity contribution in [3.05, 3.63) is 65.5 Å². The number of carbonyl (C=O) groups excluding carboxylic acids is 2. The molecule has 2 amide bonds. The van der Waals surface area contributed by atoms with Crippen LogP contribution in [0.3, 0.4) is 0 Å². The molecule has 10 heteroatoms. The number of halogens is 1. The zero-order valence-electron chi connectivity index (χ0n) is 21.4. The molecule has 2 rings (SSSR count). The monoisotopic (exact) mass is 506 g/mol. The summed E-state index contributed by atoms with van der Waals surface area (Å²) in [7, 11) is -1.40. The second-order valence-electron chi connectivity index (χ2n) is 9.70. The second kappa shape index (κ2) is 11.2. The van der Waals surface area contributed by atoms with Gasteiger partial charge in [0.1, 0.15) is 18.4 Å². The third kappa shape index (κ3) is 7.76. The first kappa shape index (κ1) is 28.3. The van der Waals surface area contributed by atoms with Gasteiger partial charge in [-0.15, -0.1) is 0 Å². The normalized spacial score (nSPS) is 12.8. The lowest BCUT2D eigenvalue weighted by molar-refractivity contribution is -0.140. The maximum absolute atomic E-state index is 13.6. The lowest BCUT2D eigenvalue weighted by atomic mass is 10.1. The van der Waals surface area contributed by atoms with Gasteiger partial charge in [-0.25, -0.2) is 8.70 Å². The Morgan fingerprint density at radius 2 is 1.54 bits per heavy atom. The van der Waals surface area contributed by atoms with Crippen LogP contribution in [0, 0.1) is 12.7 Å². The topological polar surface area (TPSA) is 90.0 Å². The summed E-state index contributed by atoms with van der Waals surface area (Å²) in [5.74, 6) is -1.46. The molecule has 0 saturated carbocycles. The van der Waals surface area contributed by atoms with Crippen molar-refractivity contribution in [2.45, 2.75) is 52.7 Å². The van der Waals surface area contributed by atoms with E-state index < -0.39 is 40.1 Å². The average Bonchev–Trinajstić information content (AvgIpc) is 2.75. The van der Waals surface area contributed by atoms with Crippen molar-refractivity contribution in [3.63, 3.8) is 0 Å². The number of rotatable bonds is 9. The molecule has 0 aliphatic rings. The zero-order valence-corrected chi connectivity index (χ0v) is 22.2. The van der Waals surface area contributed by atoms with Gasteiger partial charge in [-0.05, 0) is 64.4 Å². The van der Waals surface area contributed by atoms with Crippen molar-refractivity contribution < 1.29 is 22.4 Å². The minimum absolute atomic E-state index is 0.108. The molecule has 1 atom stereocenters. The molecule has 0 unspecified atom stereocenters. The lowest BCUT2D eigenvalue weighted by Gasteiger charge is -2.34. The van der Waals surface area contributed by atoms with E-state index in [0.717, 1.165) is 31.9 Å². The van der Waals surface area contributed by atoms with Gasteiger partial charge in [-0.3, -0.25) is 9.59 Å². The molecule has 0 aromatic heterocycles. The SMILES string of the molecule is Cc1ccc(CN(C(=O)CN(c2ccc(F)cc2)S(=O)(=O)N(C)C)[C@@H](C)C(=O)NC(C)(C)C)cc1. The molecular formula is C25H35FN4O4S. The van der Waals surface area contributed by atoms with E-state index in [1.54, 1.807) is 6.92 Å². The standard InChI is InChI=1S/C25H35FN4O4S/c1-18-8-10-20(11-9-18)16-29(19(2)24(32)27-25(3,4)5)23(31)17-30(35(33,34)28(6)7)22-14-12-21(26)13-15-22/h8-15,19H,16-17H2,1-7H3,(H,27,32)/t19-/m0/s1. The summed E-state index contributed by atoms with van der Waals surface area (Å²) in [6, 6.07) is 11.5. The summed E-state index contributed by atoms with van der Waals surface area (Å²) < 4.78 is 41.5. The van der Waals surface area contributed by atoms with Crippen molar-refractivity contribution >= 4 is 27.7 Å². The van der Waals surface area contributed by atoms with Crippen LogP contribution >= 0.6 is 0 Å². The second-order valence-corrected chi connectivity index (χ2v) is 11.8. The Morgan fingerprint density at radius 1 is 1.00 bits per heavy atom. The fourth-order valence-corrected chi connectivity index (χ4v) is 4.33. The molecule has 35 heavy (non-hydrogen) atoms. The highest BCUT2D eigenvalue weighted by Crippen LogP contribution is 2.21. The van der Waals surface area contributed by atoms with Gasteiger partial charge in [0.05, 0.1) is 5.69 Å². The number of carbonyl (C=O) groups is 2. The van der Waals surface area contributed by atoms with E-state index in [4.69, 9.17) is 0 Å². The molecule has 0 spiro atoms. The molecule has 2 aromatic rings. The maximum atomic E-state index is 13.6. The molecule has 0 radical (unpaired) electrons. The molecule has 0 saturated heterocycles. The molecular weight excluding hydrogens is 471 g/mol. The van der Waals surface area contributed by atoms with Gasteiger partial charge in [-0.2, -0.15) is 12.7 Å². The van der Waals surface area contributed by atoms with Crippen molar-refractivity contribution in [1.29, 1.82) is 0 Å². The van der Waals surface area contributed by atoms with Crippen LogP contribution in [0.5, 0.6) is 0 Å². The lowest BCUT2D eigenvalue weighted by Crippen LogP contribution is -2.54. The highest BCUT2D eigenvalue weighted by atomic mass is 32.2. The van der Waals surface area contributed by atoms with Crippen LogP contribution in [0.4, 0.5) is 10.1 Å². The van der Waals surface area contributed by atoms with Crippen LogP contribution in [0.1, 0.15) is 38.8 Å². The van der Waals surface area contributed by atoms with E-state index in [2.05, 4.69) is 5.32 Å². The molecule has 192 valence electrons. The number of amides is 2. The van der Waals surface area contributed by atoms with Gasteiger partial charge < -0.3 is 10.2 Å². The van der Waals surface area contributed by atoms with Crippen LogP contribution in [0.2, 0.25) is 0 Å². The molecule has 8 nitrogen and oxygen atoms in total. The highest BCUT2D eigenvalue weighted by molar-refractivity contribution is 7.90. The predicted octanol–water partition coefficient (Wildman–Crippen LogP) is 3.08. The van der Waals surface area contributed by atoms with Gasteiger partial charge in [0.2, 0.25) is 11.8 Å². The van der Waals surface area contributed by atoms with Crippen molar-refractivity contribution in [3.8, 4) is 0 Å². The summed E-state index contributed by atoms with van der Waals surface area (Å²) in [5.41, 5.74) is 1.46. The van der Waals surface area contributed by atoms with Crippen molar-refractivity contribution in [1.82, 2.24) is 14.5 Å². The summed E-state index contributed by atoms with van der Waals surface area (Å²) in [4.78, 5) is 27.9. The van der Waals surface area contributed by atoms with Crippen LogP contribution in [-0.2, 0) is 26.3 Å². The minimum atomic E-state index is -4.09. The number of hydrogen-bond acceptors (Lipinski definition) is 4. The first-order valence-corrected chi connectivity index (χ1v) is 12.6. The van der Waals surface area contributed by atoms with Crippen LogP contribution in [0.25, 0.3) is 0 Å². The Bertz CT molecular complexity index is 1130. The van der Waals surface area contributed by atoms with Gasteiger partial charge in [-0.1, -0.05) is 29.8 Å². The van der Waals surface area contributed by atoms with Crippen LogP contribution in [0.15, 0.2) is 48.5 Å². The number of benzene rings is 2. The zero-order chi connectivity index (χ0) is 26.6. The number of aryl methyl sites for hydroxylation is 1. The van der Waals surface area contributed by atoms with E-state index in [1.165, 1.54) is 31.1 Å². The molecule has 0 bridgehead atoms. The number of nitrogens with one attached hydrogen (secondary N) is 1. The predicted molar refractivity (Wildman–Crippen MR) is 135 cm³/mol. The molecule has 0 fully saturated rings. The molecule has 2 aromatic carbocycles. The molecule has 0 heterocycles. The van der Waals surface area contributed by atoms with Crippen LogP contribution < -0.4 is 9.62 Å². The quantitative estimate of drug-likeness (QED) is 0.566. The third-order valence-electron chi connectivity index (χ3n) is 5.27. The number of anilines is 1. The van der Waals surface area contributed by atoms with E-state index in [-0.39, 0.29) is 18.1 Å².